The molecular formula is C17H14N2O3S. The standard InChI is InChI=1S/C17H14N2O3S/c1-4-9-19-15-14(23-17(18-15)22-3)13(20)12(16(19)21)11-8-6-5-7-10(11)2/h1,5-8,20H,9H2,2-3H3. The molecule has 1 N–H and O–H groups in total. The third-order valence-electron chi connectivity index (χ3n) is 3.59. The molecular weight excluding hydrogens is 312 g/mol. The molecule has 0 bridgehead atoms. The van der Waals surface area contributed by atoms with Crippen LogP contribution in [0.15, 0.2) is 29.1 Å². The van der Waals surface area contributed by atoms with Crippen molar-refractivity contribution in [1.82, 2.24) is 9.55 Å². The molecule has 2 aromatic heterocycles. The molecule has 3 aromatic rings. The van der Waals surface area contributed by atoms with Crippen LogP contribution in [0.3, 0.4) is 0 Å². The Morgan fingerprint density at radius 1 is 1.43 bits per heavy atom. The van der Waals surface area contributed by atoms with Gasteiger partial charge in [0, 0.05) is 0 Å². The summed E-state index contributed by atoms with van der Waals surface area (Å²) in [7, 11) is 1.49. The van der Waals surface area contributed by atoms with E-state index in [4.69, 9.17) is 11.2 Å². The maximum atomic E-state index is 12.9. The number of fused-ring (bicyclic) bond motifs is 1. The zero-order valence-electron chi connectivity index (χ0n) is 12.7. The van der Waals surface area contributed by atoms with Gasteiger partial charge in [-0.1, -0.05) is 41.5 Å². The molecule has 0 radical (unpaired) electrons. The molecule has 0 saturated carbocycles. The molecule has 0 aliphatic carbocycles. The van der Waals surface area contributed by atoms with E-state index < -0.39 is 0 Å². The van der Waals surface area contributed by atoms with Gasteiger partial charge in [0.2, 0.25) is 0 Å². The van der Waals surface area contributed by atoms with E-state index in [1.807, 2.05) is 25.1 Å². The van der Waals surface area contributed by atoms with Gasteiger partial charge in [0.25, 0.3) is 10.8 Å². The van der Waals surface area contributed by atoms with E-state index in [-0.39, 0.29) is 23.4 Å². The molecule has 6 heteroatoms. The van der Waals surface area contributed by atoms with Crippen LogP contribution in [0.4, 0.5) is 0 Å². The van der Waals surface area contributed by atoms with Crippen LogP contribution in [0.1, 0.15) is 5.56 Å². The van der Waals surface area contributed by atoms with E-state index in [9.17, 15) is 9.90 Å². The largest absolute Gasteiger partial charge is 0.505 e. The fourth-order valence-electron chi connectivity index (χ4n) is 2.50. The van der Waals surface area contributed by atoms with Gasteiger partial charge < -0.3 is 9.84 Å². The summed E-state index contributed by atoms with van der Waals surface area (Å²) >= 11 is 1.18. The molecule has 0 unspecified atom stereocenters. The number of aromatic nitrogens is 2. The van der Waals surface area contributed by atoms with E-state index in [0.29, 0.717) is 21.1 Å². The maximum absolute atomic E-state index is 12.9. The second kappa shape index (κ2) is 5.78. The first-order valence-electron chi connectivity index (χ1n) is 6.88. The number of thiazole rings is 1. The van der Waals surface area contributed by atoms with Gasteiger partial charge in [0.05, 0.1) is 19.2 Å². The fourth-order valence-corrected chi connectivity index (χ4v) is 3.33. The van der Waals surface area contributed by atoms with Crippen molar-refractivity contribution in [2.75, 3.05) is 7.11 Å². The monoisotopic (exact) mass is 326 g/mol. The highest BCUT2D eigenvalue weighted by Crippen LogP contribution is 2.39. The summed E-state index contributed by atoms with van der Waals surface area (Å²) in [5.41, 5.74) is 1.77. The topological polar surface area (TPSA) is 64.4 Å². The van der Waals surface area contributed by atoms with E-state index in [1.165, 1.54) is 23.0 Å². The highest BCUT2D eigenvalue weighted by molar-refractivity contribution is 7.20. The molecule has 0 amide bonds. The highest BCUT2D eigenvalue weighted by Gasteiger charge is 2.22. The van der Waals surface area contributed by atoms with Crippen LogP contribution in [0.25, 0.3) is 21.5 Å². The normalized spacial score (nSPS) is 10.7. The van der Waals surface area contributed by atoms with Crippen LogP contribution in [0.5, 0.6) is 10.9 Å². The van der Waals surface area contributed by atoms with Crippen LogP contribution in [0, 0.1) is 19.3 Å². The van der Waals surface area contributed by atoms with Crippen molar-refractivity contribution in [3.8, 4) is 34.4 Å². The van der Waals surface area contributed by atoms with E-state index in [0.717, 1.165) is 5.56 Å². The maximum Gasteiger partial charge on any atom is 0.275 e. The third-order valence-corrected chi connectivity index (χ3v) is 4.61. The summed E-state index contributed by atoms with van der Waals surface area (Å²) in [4.78, 5) is 17.1. The number of benzene rings is 1. The number of aromatic hydroxyl groups is 1. The van der Waals surface area contributed by atoms with Crippen molar-refractivity contribution in [3.63, 3.8) is 0 Å². The number of aryl methyl sites for hydroxylation is 1. The fraction of sp³-hybridized carbons (Fsp3) is 0.176. The first-order valence-corrected chi connectivity index (χ1v) is 7.70. The molecule has 0 aliphatic rings. The molecule has 5 nitrogen and oxygen atoms in total. The molecule has 0 fully saturated rings. The smallest absolute Gasteiger partial charge is 0.275 e. The Kier molecular flexibility index (Phi) is 3.80. The summed E-state index contributed by atoms with van der Waals surface area (Å²) in [6.07, 6.45) is 5.39. The van der Waals surface area contributed by atoms with Crippen LogP contribution < -0.4 is 10.3 Å². The van der Waals surface area contributed by atoms with Crippen molar-refractivity contribution in [2.24, 2.45) is 0 Å². The Hall–Kier alpha value is -2.78. The van der Waals surface area contributed by atoms with Gasteiger partial charge >= 0.3 is 0 Å². The average Bonchev–Trinajstić information content (AvgIpc) is 2.98. The van der Waals surface area contributed by atoms with E-state index >= 15 is 0 Å². The second-order valence-corrected chi connectivity index (χ2v) is 5.93. The third kappa shape index (κ3) is 2.35. The Morgan fingerprint density at radius 3 is 2.83 bits per heavy atom. The van der Waals surface area contributed by atoms with Crippen LogP contribution in [-0.4, -0.2) is 21.8 Å². The number of ether oxygens (including phenoxy) is 1. The summed E-state index contributed by atoms with van der Waals surface area (Å²) in [6.45, 7) is 1.96. The lowest BCUT2D eigenvalue weighted by molar-refractivity contribution is 0.412. The van der Waals surface area contributed by atoms with Crippen molar-refractivity contribution in [3.05, 3.63) is 40.2 Å². The van der Waals surface area contributed by atoms with Crippen molar-refractivity contribution >= 4 is 21.7 Å². The Bertz CT molecular complexity index is 995. The lowest BCUT2D eigenvalue weighted by atomic mass is 10.0. The Balaban J connectivity index is 2.46. The number of terminal acetylenes is 1. The summed E-state index contributed by atoms with van der Waals surface area (Å²) in [5, 5.41) is 11.0. The van der Waals surface area contributed by atoms with E-state index in [1.54, 1.807) is 6.07 Å². The van der Waals surface area contributed by atoms with Crippen molar-refractivity contribution in [2.45, 2.75) is 13.5 Å². The molecule has 0 aliphatic heterocycles. The predicted octanol–water partition coefficient (Wildman–Crippen LogP) is 2.78. The number of nitrogens with zero attached hydrogens (tertiary/aromatic N) is 2. The SMILES string of the molecule is C#CCn1c(=O)c(-c2ccccc2C)c(O)c2sc(OC)nc21. The Labute approximate surface area is 136 Å². The van der Waals surface area contributed by atoms with Crippen LogP contribution in [0.2, 0.25) is 0 Å². The van der Waals surface area contributed by atoms with Gasteiger partial charge in [-0.25, -0.2) is 0 Å². The van der Waals surface area contributed by atoms with Crippen molar-refractivity contribution < 1.29 is 9.84 Å². The van der Waals surface area contributed by atoms with Gasteiger partial charge in [0.1, 0.15) is 10.4 Å². The molecule has 23 heavy (non-hydrogen) atoms. The second-order valence-electron chi connectivity index (χ2n) is 4.97. The van der Waals surface area contributed by atoms with Crippen LogP contribution >= 0.6 is 11.3 Å². The molecule has 0 spiro atoms. The summed E-state index contributed by atoms with van der Waals surface area (Å²) in [6, 6.07) is 7.39. The molecule has 3 rings (SSSR count). The average molecular weight is 326 g/mol. The minimum atomic E-state index is -0.366. The van der Waals surface area contributed by atoms with Gasteiger partial charge in [0.15, 0.2) is 5.65 Å². The molecule has 1 aromatic carbocycles. The molecule has 0 atom stereocenters. The molecule has 116 valence electrons. The first-order chi connectivity index (χ1) is 11.1. The highest BCUT2D eigenvalue weighted by atomic mass is 32.1. The molecule has 2 heterocycles. The predicted molar refractivity (Wildman–Crippen MR) is 91.1 cm³/mol. The minimum absolute atomic E-state index is 0.0708. The lowest BCUT2D eigenvalue weighted by Crippen LogP contribution is -2.22. The number of methoxy groups -OCH3 is 1. The Morgan fingerprint density at radius 2 is 2.17 bits per heavy atom. The van der Waals surface area contributed by atoms with Gasteiger partial charge in [-0.15, -0.1) is 6.42 Å². The number of pyridine rings is 1. The zero-order chi connectivity index (χ0) is 16.6. The number of hydrogen-bond donors (Lipinski definition) is 1. The van der Waals surface area contributed by atoms with Gasteiger partial charge in [-0.05, 0) is 18.1 Å². The summed E-state index contributed by atoms with van der Waals surface area (Å²) < 4.78 is 6.99. The van der Waals surface area contributed by atoms with E-state index in [2.05, 4.69) is 10.9 Å². The first kappa shape index (κ1) is 15.1. The summed E-state index contributed by atoms with van der Waals surface area (Å²) in [5.74, 6) is 2.37. The number of hydrogen-bond acceptors (Lipinski definition) is 5. The van der Waals surface area contributed by atoms with Crippen molar-refractivity contribution in [1.29, 1.82) is 0 Å². The minimum Gasteiger partial charge on any atom is -0.505 e. The number of rotatable bonds is 3. The quantitative estimate of drug-likeness (QED) is 0.752. The van der Waals surface area contributed by atoms with Crippen LogP contribution in [-0.2, 0) is 6.54 Å². The van der Waals surface area contributed by atoms with Gasteiger partial charge in [-0.3, -0.25) is 9.36 Å². The molecule has 0 saturated heterocycles. The zero-order valence-corrected chi connectivity index (χ0v) is 13.5. The lowest BCUT2D eigenvalue weighted by Gasteiger charge is -2.11. The van der Waals surface area contributed by atoms with Gasteiger partial charge in [-0.2, -0.15) is 4.98 Å².